The van der Waals surface area contributed by atoms with E-state index < -0.39 is 18.0 Å². The highest BCUT2D eigenvalue weighted by Gasteiger charge is 2.50. The van der Waals surface area contributed by atoms with Crippen molar-refractivity contribution in [3.63, 3.8) is 0 Å². The number of carbonyl (C=O) groups is 2. The number of fused-ring (bicyclic) bond motifs is 1. The van der Waals surface area contributed by atoms with Crippen molar-refractivity contribution in [1.82, 2.24) is 0 Å². The largest absolute Gasteiger partial charge is 0.493 e. The molecule has 0 amide bonds. The second-order valence-electron chi connectivity index (χ2n) is 5.47. The first kappa shape index (κ1) is 16.5. The summed E-state index contributed by atoms with van der Waals surface area (Å²) in [6, 6.07) is 6.40. The lowest BCUT2D eigenvalue weighted by atomic mass is 10.1. The Morgan fingerprint density at radius 2 is 1.83 bits per heavy atom. The lowest BCUT2D eigenvalue weighted by molar-refractivity contribution is -0.131. The maximum Gasteiger partial charge on any atom is 0.342 e. The van der Waals surface area contributed by atoms with E-state index in [0.29, 0.717) is 6.61 Å². The zero-order valence-corrected chi connectivity index (χ0v) is 13.2. The van der Waals surface area contributed by atoms with Crippen LogP contribution in [0.5, 0.6) is 5.75 Å². The Labute approximate surface area is 139 Å². The van der Waals surface area contributed by atoms with Gasteiger partial charge >= 0.3 is 11.9 Å². The molecule has 2 fully saturated rings. The average Bonchev–Trinajstić information content (AvgIpc) is 3.12. The lowest BCUT2D eigenvalue weighted by Gasteiger charge is -2.17. The van der Waals surface area contributed by atoms with E-state index >= 15 is 0 Å². The van der Waals surface area contributed by atoms with Gasteiger partial charge in [-0.05, 0) is 12.1 Å². The normalized spacial score (nSPS) is 28.0. The maximum atomic E-state index is 12.4. The number of rotatable bonds is 5. The van der Waals surface area contributed by atoms with Gasteiger partial charge in [0.15, 0.2) is 6.10 Å². The van der Waals surface area contributed by atoms with E-state index in [2.05, 4.69) is 6.58 Å². The molecule has 1 aromatic carbocycles. The number of esters is 2. The molecule has 7 nitrogen and oxygen atoms in total. The average molecular weight is 334 g/mol. The van der Waals surface area contributed by atoms with Gasteiger partial charge in [0.05, 0.1) is 19.5 Å². The molecule has 2 aliphatic heterocycles. The number of hydrogen-bond acceptors (Lipinski definition) is 7. The van der Waals surface area contributed by atoms with Gasteiger partial charge in [0, 0.05) is 6.92 Å². The quantitative estimate of drug-likeness (QED) is 0.458. The first-order chi connectivity index (χ1) is 11.6. The van der Waals surface area contributed by atoms with E-state index in [0.717, 1.165) is 0 Å². The van der Waals surface area contributed by atoms with E-state index in [1.165, 1.54) is 25.3 Å². The highest BCUT2D eigenvalue weighted by molar-refractivity contribution is 5.93. The van der Waals surface area contributed by atoms with Gasteiger partial charge in [0.25, 0.3) is 0 Å². The van der Waals surface area contributed by atoms with Crippen LogP contribution in [0.15, 0.2) is 37.1 Å². The summed E-state index contributed by atoms with van der Waals surface area (Å²) in [5.74, 6) is -0.952. The Balaban J connectivity index is 1.68. The lowest BCUT2D eigenvalue weighted by Crippen LogP contribution is -2.34. The van der Waals surface area contributed by atoms with Crippen molar-refractivity contribution in [2.75, 3.05) is 13.2 Å². The summed E-state index contributed by atoms with van der Waals surface area (Å²) in [6.07, 6.45) is -0.158. The molecule has 0 N–H and O–H groups in total. The Hall–Kier alpha value is -2.38. The minimum absolute atomic E-state index is 0.158. The molecular formula is C17H18O7. The molecule has 0 spiro atoms. The molecule has 7 heteroatoms. The molecule has 128 valence electrons. The van der Waals surface area contributed by atoms with Gasteiger partial charge in [-0.1, -0.05) is 18.7 Å². The van der Waals surface area contributed by atoms with Crippen LogP contribution >= 0.6 is 0 Å². The molecule has 0 saturated carbocycles. The number of carbonyl (C=O) groups excluding carboxylic acids is 2. The third-order valence-corrected chi connectivity index (χ3v) is 3.85. The second-order valence-corrected chi connectivity index (χ2v) is 5.47. The topological polar surface area (TPSA) is 80.3 Å². The Kier molecular flexibility index (Phi) is 4.82. The van der Waals surface area contributed by atoms with E-state index in [1.807, 2.05) is 0 Å². The second kappa shape index (κ2) is 7.02. The summed E-state index contributed by atoms with van der Waals surface area (Å²) in [4.78, 5) is 23.6. The predicted octanol–water partition coefficient (Wildman–Crippen LogP) is 1.46. The van der Waals surface area contributed by atoms with Gasteiger partial charge in [-0.25, -0.2) is 4.79 Å². The summed E-state index contributed by atoms with van der Waals surface area (Å²) < 4.78 is 27.1. The Morgan fingerprint density at radius 3 is 2.54 bits per heavy atom. The van der Waals surface area contributed by atoms with E-state index in [-0.39, 0.29) is 36.2 Å². The first-order valence-electron chi connectivity index (χ1n) is 7.58. The zero-order chi connectivity index (χ0) is 17.1. The molecule has 2 aliphatic rings. The van der Waals surface area contributed by atoms with Crippen LogP contribution in [0.1, 0.15) is 17.3 Å². The molecule has 1 aromatic rings. The van der Waals surface area contributed by atoms with Gasteiger partial charge in [-0.2, -0.15) is 0 Å². The monoisotopic (exact) mass is 334 g/mol. The minimum Gasteiger partial charge on any atom is -0.493 e. The summed E-state index contributed by atoms with van der Waals surface area (Å²) in [5, 5.41) is 0. The number of hydrogen-bond donors (Lipinski definition) is 0. The van der Waals surface area contributed by atoms with Crippen LogP contribution in [-0.4, -0.2) is 49.6 Å². The summed E-state index contributed by atoms with van der Waals surface area (Å²) in [6.45, 7) is 5.35. The fourth-order valence-electron chi connectivity index (χ4n) is 2.85. The van der Waals surface area contributed by atoms with Crippen molar-refractivity contribution in [1.29, 1.82) is 0 Å². The van der Waals surface area contributed by atoms with Crippen molar-refractivity contribution < 1.29 is 33.3 Å². The van der Waals surface area contributed by atoms with E-state index in [1.54, 1.807) is 12.1 Å². The molecule has 0 bridgehead atoms. The molecule has 2 unspecified atom stereocenters. The number of ether oxygens (including phenoxy) is 5. The summed E-state index contributed by atoms with van der Waals surface area (Å²) >= 11 is 0. The Morgan fingerprint density at radius 1 is 1.17 bits per heavy atom. The van der Waals surface area contributed by atoms with Gasteiger partial charge in [-0.3, -0.25) is 4.79 Å². The van der Waals surface area contributed by atoms with Crippen LogP contribution in [0.4, 0.5) is 0 Å². The van der Waals surface area contributed by atoms with Crippen LogP contribution in [0, 0.1) is 0 Å². The van der Waals surface area contributed by atoms with Crippen LogP contribution in [0.2, 0.25) is 0 Å². The van der Waals surface area contributed by atoms with Crippen molar-refractivity contribution in [3.8, 4) is 5.75 Å². The van der Waals surface area contributed by atoms with Crippen molar-refractivity contribution in [2.45, 2.75) is 31.3 Å². The minimum atomic E-state index is -0.599. The molecule has 2 saturated heterocycles. The van der Waals surface area contributed by atoms with Gasteiger partial charge < -0.3 is 23.7 Å². The molecule has 3 rings (SSSR count). The van der Waals surface area contributed by atoms with Crippen molar-refractivity contribution in [3.05, 3.63) is 42.7 Å². The number of para-hydroxylation sites is 1. The molecule has 0 aromatic heterocycles. The maximum absolute atomic E-state index is 12.4. The van der Waals surface area contributed by atoms with Crippen molar-refractivity contribution >= 4 is 11.9 Å². The smallest absolute Gasteiger partial charge is 0.342 e. The van der Waals surface area contributed by atoms with Crippen LogP contribution < -0.4 is 4.74 Å². The highest BCUT2D eigenvalue weighted by atomic mass is 16.7. The van der Waals surface area contributed by atoms with Crippen LogP contribution in [0.3, 0.4) is 0 Å². The Bertz CT molecular complexity index is 642. The SMILES string of the molecule is C=COC1COC2[C@@H]1OC[C@@H]2OC(=O)c1ccccc1OC(C)=O. The van der Waals surface area contributed by atoms with Gasteiger partial charge in [-0.15, -0.1) is 0 Å². The molecule has 2 heterocycles. The summed E-state index contributed by atoms with van der Waals surface area (Å²) in [5.41, 5.74) is 0.174. The number of benzene rings is 1. The molecular weight excluding hydrogens is 316 g/mol. The van der Waals surface area contributed by atoms with Gasteiger partial charge in [0.1, 0.15) is 29.6 Å². The van der Waals surface area contributed by atoms with Gasteiger partial charge in [0.2, 0.25) is 0 Å². The fourth-order valence-corrected chi connectivity index (χ4v) is 2.85. The molecule has 24 heavy (non-hydrogen) atoms. The zero-order valence-electron chi connectivity index (χ0n) is 13.2. The predicted molar refractivity (Wildman–Crippen MR) is 81.5 cm³/mol. The van der Waals surface area contributed by atoms with E-state index in [9.17, 15) is 9.59 Å². The third kappa shape index (κ3) is 3.27. The fraction of sp³-hybridized carbons (Fsp3) is 0.412. The molecule has 0 radical (unpaired) electrons. The summed E-state index contributed by atoms with van der Waals surface area (Å²) in [7, 11) is 0. The van der Waals surface area contributed by atoms with Crippen LogP contribution in [-0.2, 0) is 23.7 Å². The van der Waals surface area contributed by atoms with Crippen molar-refractivity contribution in [2.24, 2.45) is 0 Å². The van der Waals surface area contributed by atoms with E-state index in [4.69, 9.17) is 23.7 Å². The standard InChI is InChI=1S/C17H18O7/c1-3-20-13-8-21-16-14(9-22-15(13)16)24-17(19)11-6-4-5-7-12(11)23-10(2)18/h3-7,13-16H,1,8-9H2,2H3/t13?,14-,15+,16?/m0/s1. The molecule has 4 atom stereocenters. The highest BCUT2D eigenvalue weighted by Crippen LogP contribution is 2.31. The first-order valence-corrected chi connectivity index (χ1v) is 7.58. The molecule has 0 aliphatic carbocycles. The van der Waals surface area contributed by atoms with Crippen LogP contribution in [0.25, 0.3) is 0 Å². The third-order valence-electron chi connectivity index (χ3n) is 3.85.